The topological polar surface area (TPSA) is 59.1 Å². The monoisotopic (exact) mass is 284 g/mol. The van der Waals surface area contributed by atoms with E-state index in [2.05, 4.69) is 22.4 Å². The molecule has 2 aliphatic rings. The Bertz CT molecular complexity index is 606. The van der Waals surface area contributed by atoms with Gasteiger partial charge in [-0.15, -0.1) is 0 Å². The van der Waals surface area contributed by atoms with Crippen LogP contribution in [-0.4, -0.2) is 22.7 Å². The highest BCUT2D eigenvalue weighted by atomic mass is 16.2. The van der Waals surface area contributed by atoms with E-state index < -0.39 is 5.92 Å². The van der Waals surface area contributed by atoms with Crippen LogP contribution in [0.15, 0.2) is 35.7 Å². The van der Waals surface area contributed by atoms with Crippen molar-refractivity contribution < 1.29 is 9.59 Å². The lowest BCUT2D eigenvalue weighted by Gasteiger charge is -2.37. The maximum Gasteiger partial charge on any atom is 0.235 e. The smallest absolute Gasteiger partial charge is 0.235 e. The van der Waals surface area contributed by atoms with Gasteiger partial charge in [-0.05, 0) is 67.9 Å². The minimum atomic E-state index is -0.561. The third-order valence-corrected chi connectivity index (χ3v) is 4.72. The molecule has 1 aromatic rings. The first-order valence-electron chi connectivity index (χ1n) is 7.50. The van der Waals surface area contributed by atoms with E-state index in [9.17, 15) is 9.59 Å². The van der Waals surface area contributed by atoms with Crippen LogP contribution >= 0.6 is 0 Å². The van der Waals surface area contributed by atoms with Crippen LogP contribution in [0.2, 0.25) is 0 Å². The van der Waals surface area contributed by atoms with Crippen molar-refractivity contribution in [3.8, 4) is 0 Å². The molecule has 0 aromatic carbocycles. The third kappa shape index (κ3) is 2.50. The minimum Gasteiger partial charge on any atom is -0.349 e. The zero-order valence-electron chi connectivity index (χ0n) is 12.4. The molecule has 1 aromatic heterocycles. The Balaban J connectivity index is 1.93. The van der Waals surface area contributed by atoms with Crippen molar-refractivity contribution >= 4 is 11.7 Å². The maximum absolute atomic E-state index is 12.1. The van der Waals surface area contributed by atoms with Crippen molar-refractivity contribution in [2.24, 2.45) is 5.92 Å². The summed E-state index contributed by atoms with van der Waals surface area (Å²) in [6, 6.07) is 4.16. The van der Waals surface area contributed by atoms with Gasteiger partial charge in [0.2, 0.25) is 5.91 Å². The van der Waals surface area contributed by atoms with Crippen LogP contribution in [0.4, 0.5) is 0 Å². The average Bonchev–Trinajstić information content (AvgIpc) is 2.47. The number of Topliss-reactive ketones (excluding diaryl/α,β-unsaturated/α-hetero) is 1. The number of amides is 1. The van der Waals surface area contributed by atoms with Crippen LogP contribution in [0.3, 0.4) is 0 Å². The molecule has 0 fully saturated rings. The number of carbonyl (C=O) groups excluding carboxylic acids is 2. The molecule has 3 atom stereocenters. The summed E-state index contributed by atoms with van der Waals surface area (Å²) >= 11 is 0. The predicted octanol–water partition coefficient (Wildman–Crippen LogP) is 2.37. The summed E-state index contributed by atoms with van der Waals surface area (Å²) in [5.41, 5.74) is 3.62. The number of hydrogen-bond donors (Lipinski definition) is 1. The summed E-state index contributed by atoms with van der Waals surface area (Å²) in [6.45, 7) is 3.53. The van der Waals surface area contributed by atoms with Crippen LogP contribution in [-0.2, 0) is 9.59 Å². The Labute approximate surface area is 124 Å². The Kier molecular flexibility index (Phi) is 3.62. The molecule has 1 aliphatic heterocycles. The lowest BCUT2D eigenvalue weighted by molar-refractivity contribution is -0.132. The van der Waals surface area contributed by atoms with E-state index in [0.717, 1.165) is 24.8 Å². The molecule has 1 aliphatic carbocycles. The van der Waals surface area contributed by atoms with Gasteiger partial charge in [0.1, 0.15) is 11.7 Å². The maximum atomic E-state index is 12.1. The molecule has 4 heteroatoms. The van der Waals surface area contributed by atoms with E-state index >= 15 is 0 Å². The largest absolute Gasteiger partial charge is 0.349 e. The molecule has 0 spiro atoms. The van der Waals surface area contributed by atoms with Crippen LogP contribution < -0.4 is 5.32 Å². The fourth-order valence-corrected chi connectivity index (χ4v) is 3.67. The molecule has 0 radical (unpaired) electrons. The van der Waals surface area contributed by atoms with Crippen LogP contribution in [0.1, 0.15) is 44.6 Å². The van der Waals surface area contributed by atoms with Crippen LogP contribution in [0.25, 0.3) is 0 Å². The van der Waals surface area contributed by atoms with E-state index in [1.807, 2.05) is 19.3 Å². The number of rotatable bonds is 2. The first kappa shape index (κ1) is 14.0. The van der Waals surface area contributed by atoms with E-state index in [-0.39, 0.29) is 17.7 Å². The van der Waals surface area contributed by atoms with Gasteiger partial charge in [0.15, 0.2) is 0 Å². The van der Waals surface area contributed by atoms with Gasteiger partial charge >= 0.3 is 0 Å². The van der Waals surface area contributed by atoms with Gasteiger partial charge in [0.25, 0.3) is 0 Å². The Morgan fingerprint density at radius 1 is 1.29 bits per heavy atom. The number of aromatic nitrogens is 1. The zero-order valence-corrected chi connectivity index (χ0v) is 12.4. The van der Waals surface area contributed by atoms with Gasteiger partial charge in [-0.25, -0.2) is 0 Å². The second-order valence-corrected chi connectivity index (χ2v) is 6.04. The van der Waals surface area contributed by atoms with Crippen molar-refractivity contribution in [1.29, 1.82) is 0 Å². The summed E-state index contributed by atoms with van der Waals surface area (Å²) in [4.78, 5) is 28.0. The summed E-state index contributed by atoms with van der Waals surface area (Å²) in [5.74, 6) is -0.281. The Morgan fingerprint density at radius 2 is 2.00 bits per heavy atom. The van der Waals surface area contributed by atoms with Crippen LogP contribution in [0, 0.1) is 5.92 Å². The van der Waals surface area contributed by atoms with Crippen LogP contribution in [0.5, 0.6) is 0 Å². The molecule has 0 saturated carbocycles. The number of carbonyl (C=O) groups is 2. The number of ketones is 1. The number of nitrogens with zero attached hydrogens (tertiary/aromatic N) is 1. The molecule has 2 heterocycles. The predicted molar refractivity (Wildman–Crippen MR) is 79.6 cm³/mol. The molecular weight excluding hydrogens is 264 g/mol. The first-order valence-corrected chi connectivity index (χ1v) is 7.50. The number of nitrogens with one attached hydrogen (secondary N) is 1. The molecule has 4 nitrogen and oxygen atoms in total. The van der Waals surface area contributed by atoms with Crippen molar-refractivity contribution in [3.63, 3.8) is 0 Å². The van der Waals surface area contributed by atoms with Gasteiger partial charge < -0.3 is 5.32 Å². The van der Waals surface area contributed by atoms with Crippen molar-refractivity contribution in [2.45, 2.75) is 45.1 Å². The first-order chi connectivity index (χ1) is 10.1. The highest BCUT2D eigenvalue weighted by molar-refractivity contribution is 6.04. The highest BCUT2D eigenvalue weighted by Crippen LogP contribution is 2.42. The van der Waals surface area contributed by atoms with E-state index in [0.29, 0.717) is 5.92 Å². The molecule has 0 bridgehead atoms. The second kappa shape index (κ2) is 5.43. The SMILES string of the molecule is CC(=O)C1C(=O)NC(C)C2=C1CCC(c1ccncc1)C2. The minimum absolute atomic E-state index is 0.0349. The highest BCUT2D eigenvalue weighted by Gasteiger charge is 2.39. The number of pyridine rings is 1. The molecule has 21 heavy (non-hydrogen) atoms. The van der Waals surface area contributed by atoms with Gasteiger partial charge in [-0.1, -0.05) is 0 Å². The van der Waals surface area contributed by atoms with Gasteiger partial charge in [-0.3, -0.25) is 14.6 Å². The molecule has 0 saturated heterocycles. The van der Waals surface area contributed by atoms with Gasteiger partial charge in [0, 0.05) is 18.4 Å². The quantitative estimate of drug-likeness (QED) is 0.670. The second-order valence-electron chi connectivity index (χ2n) is 6.04. The molecule has 1 N–H and O–H groups in total. The summed E-state index contributed by atoms with van der Waals surface area (Å²) in [7, 11) is 0. The molecule has 3 unspecified atom stereocenters. The summed E-state index contributed by atoms with van der Waals surface area (Å²) in [5, 5.41) is 2.95. The fraction of sp³-hybridized carbons (Fsp3) is 0.471. The Hall–Kier alpha value is -1.97. The number of hydrogen-bond acceptors (Lipinski definition) is 3. The Morgan fingerprint density at radius 3 is 2.67 bits per heavy atom. The standard InChI is InChI=1S/C17H20N2O2/c1-10-15-9-13(12-5-7-18-8-6-12)3-4-14(15)16(11(2)20)17(21)19-10/h5-8,10,13,16H,3-4,9H2,1-2H3,(H,19,21). The lowest BCUT2D eigenvalue weighted by Crippen LogP contribution is -2.47. The van der Waals surface area contributed by atoms with Crippen molar-refractivity contribution in [1.82, 2.24) is 10.3 Å². The lowest BCUT2D eigenvalue weighted by atomic mass is 9.72. The zero-order chi connectivity index (χ0) is 15.0. The van der Waals surface area contributed by atoms with E-state index in [4.69, 9.17) is 0 Å². The van der Waals surface area contributed by atoms with Crippen molar-refractivity contribution in [3.05, 3.63) is 41.2 Å². The average molecular weight is 284 g/mol. The third-order valence-electron chi connectivity index (χ3n) is 4.72. The normalized spacial score (nSPS) is 28.9. The molecule has 1 amide bonds. The molecular formula is C17H20N2O2. The van der Waals surface area contributed by atoms with E-state index in [1.54, 1.807) is 0 Å². The van der Waals surface area contributed by atoms with Gasteiger partial charge in [0.05, 0.1) is 0 Å². The summed E-state index contributed by atoms with van der Waals surface area (Å²) < 4.78 is 0. The van der Waals surface area contributed by atoms with Gasteiger partial charge in [-0.2, -0.15) is 0 Å². The molecule has 3 rings (SSSR count). The summed E-state index contributed by atoms with van der Waals surface area (Å²) in [6.07, 6.45) is 6.40. The van der Waals surface area contributed by atoms with Crippen molar-refractivity contribution in [2.75, 3.05) is 0 Å². The fourth-order valence-electron chi connectivity index (χ4n) is 3.67. The molecule has 110 valence electrons. The van der Waals surface area contributed by atoms with E-state index in [1.165, 1.54) is 18.1 Å².